The minimum atomic E-state index is 0.0294. The summed E-state index contributed by atoms with van der Waals surface area (Å²) < 4.78 is 0. The van der Waals surface area contributed by atoms with Gasteiger partial charge in [-0.25, -0.2) is 4.98 Å². The molecular weight excluding hydrogens is 294 g/mol. The molecule has 1 N–H and O–H groups in total. The van der Waals surface area contributed by atoms with Crippen LogP contribution in [0.5, 0.6) is 0 Å². The normalized spacial score (nSPS) is 14.8. The lowest BCUT2D eigenvalue weighted by Crippen LogP contribution is -2.33. The predicted octanol–water partition coefficient (Wildman–Crippen LogP) is 3.05. The number of fused-ring (bicyclic) bond motifs is 1. The first kappa shape index (κ1) is 15.4. The Balaban J connectivity index is 1.73. The molecule has 22 heavy (non-hydrogen) atoms. The van der Waals surface area contributed by atoms with Crippen molar-refractivity contribution in [2.45, 2.75) is 39.7 Å². The van der Waals surface area contributed by atoms with E-state index in [2.05, 4.69) is 35.2 Å². The van der Waals surface area contributed by atoms with Crippen LogP contribution in [0, 0.1) is 20.8 Å². The Hall–Kier alpha value is -1.46. The average Bonchev–Trinajstić information content (AvgIpc) is 3.23. The van der Waals surface area contributed by atoms with Crippen molar-refractivity contribution in [1.29, 1.82) is 0 Å². The summed E-state index contributed by atoms with van der Waals surface area (Å²) in [6, 6.07) is 2.81. The van der Waals surface area contributed by atoms with Crippen molar-refractivity contribution < 1.29 is 4.79 Å². The van der Waals surface area contributed by atoms with E-state index in [0.717, 1.165) is 38.9 Å². The molecule has 1 aliphatic carbocycles. The van der Waals surface area contributed by atoms with Crippen LogP contribution in [0.3, 0.4) is 0 Å². The number of thiophene rings is 1. The number of hydrogen-bond donors (Lipinski definition) is 1. The number of aryl methyl sites for hydroxylation is 3. The first-order chi connectivity index (χ1) is 10.5. The fraction of sp³-hybridized carbons (Fsp3) is 0.529. The standard InChI is InChI=1S/C17H23N3OS/c1-10-9-11(2)19-17-14(10)12(3)15(22-17)16(21)18-7-8-20(4)13-5-6-13/h9,13H,5-8H2,1-4H3,(H,18,21). The predicted molar refractivity (Wildman–Crippen MR) is 91.8 cm³/mol. The van der Waals surface area contributed by atoms with Gasteiger partial charge in [-0.05, 0) is 57.9 Å². The SMILES string of the molecule is Cc1cc(C)c2c(C)c(C(=O)NCCN(C)C3CC3)sc2n1. The van der Waals surface area contributed by atoms with Crippen LogP contribution in [-0.2, 0) is 0 Å². The van der Waals surface area contributed by atoms with Gasteiger partial charge in [0.1, 0.15) is 4.83 Å². The second-order valence-electron chi connectivity index (χ2n) is 6.28. The maximum absolute atomic E-state index is 12.5. The number of nitrogens with one attached hydrogen (secondary N) is 1. The number of pyridine rings is 1. The Bertz CT molecular complexity index is 718. The molecule has 4 nitrogen and oxygen atoms in total. The molecule has 118 valence electrons. The summed E-state index contributed by atoms with van der Waals surface area (Å²) in [6.45, 7) is 7.72. The van der Waals surface area contributed by atoms with Crippen LogP contribution in [0.25, 0.3) is 10.2 Å². The summed E-state index contributed by atoms with van der Waals surface area (Å²) in [4.78, 5) is 21.1. The summed E-state index contributed by atoms with van der Waals surface area (Å²) in [6.07, 6.45) is 2.59. The highest BCUT2D eigenvalue weighted by Crippen LogP contribution is 2.32. The van der Waals surface area contributed by atoms with Crippen molar-refractivity contribution in [1.82, 2.24) is 15.2 Å². The molecule has 1 saturated carbocycles. The Morgan fingerprint density at radius 1 is 1.41 bits per heavy atom. The van der Waals surface area contributed by atoms with Crippen molar-refractivity contribution in [3.05, 3.63) is 27.8 Å². The van der Waals surface area contributed by atoms with Gasteiger partial charge >= 0.3 is 0 Å². The van der Waals surface area contributed by atoms with Gasteiger partial charge in [-0.1, -0.05) is 0 Å². The first-order valence-corrected chi connectivity index (χ1v) is 8.65. The van der Waals surface area contributed by atoms with Gasteiger partial charge in [-0.2, -0.15) is 0 Å². The minimum absolute atomic E-state index is 0.0294. The Morgan fingerprint density at radius 3 is 2.82 bits per heavy atom. The second kappa shape index (κ2) is 5.97. The van der Waals surface area contributed by atoms with Gasteiger partial charge in [0.05, 0.1) is 4.88 Å². The van der Waals surface area contributed by atoms with E-state index in [4.69, 9.17) is 0 Å². The number of rotatable bonds is 5. The van der Waals surface area contributed by atoms with Gasteiger partial charge in [0.25, 0.3) is 5.91 Å². The molecule has 2 heterocycles. The monoisotopic (exact) mass is 317 g/mol. The summed E-state index contributed by atoms with van der Waals surface area (Å²) in [5.41, 5.74) is 3.26. The summed E-state index contributed by atoms with van der Waals surface area (Å²) in [5, 5.41) is 4.19. The Kier molecular flexibility index (Phi) is 4.19. The van der Waals surface area contributed by atoms with Crippen molar-refractivity contribution in [3.63, 3.8) is 0 Å². The average molecular weight is 317 g/mol. The molecule has 0 radical (unpaired) electrons. The highest BCUT2D eigenvalue weighted by atomic mass is 32.1. The van der Waals surface area contributed by atoms with Crippen LogP contribution in [0.1, 0.15) is 39.3 Å². The van der Waals surface area contributed by atoms with Gasteiger partial charge < -0.3 is 10.2 Å². The van der Waals surface area contributed by atoms with Crippen molar-refractivity contribution >= 4 is 27.5 Å². The summed E-state index contributed by atoms with van der Waals surface area (Å²) in [5.74, 6) is 0.0294. The van der Waals surface area contributed by atoms with Crippen LogP contribution < -0.4 is 5.32 Å². The largest absolute Gasteiger partial charge is 0.350 e. The van der Waals surface area contributed by atoms with E-state index in [9.17, 15) is 4.79 Å². The van der Waals surface area contributed by atoms with Gasteiger partial charge in [0.2, 0.25) is 0 Å². The molecular formula is C17H23N3OS. The molecule has 0 saturated heterocycles. The molecule has 0 atom stereocenters. The lowest BCUT2D eigenvalue weighted by atomic mass is 10.1. The smallest absolute Gasteiger partial charge is 0.261 e. The molecule has 0 unspecified atom stereocenters. The zero-order valence-corrected chi connectivity index (χ0v) is 14.5. The van der Waals surface area contributed by atoms with Gasteiger partial charge in [-0.3, -0.25) is 4.79 Å². The third-order valence-electron chi connectivity index (χ3n) is 4.35. The van der Waals surface area contributed by atoms with E-state index in [1.54, 1.807) is 0 Å². The number of carbonyl (C=O) groups excluding carboxylic acids is 1. The number of hydrogen-bond acceptors (Lipinski definition) is 4. The number of amides is 1. The third-order valence-corrected chi connectivity index (χ3v) is 5.54. The Labute approximate surface area is 135 Å². The molecule has 1 fully saturated rings. The van der Waals surface area contributed by atoms with E-state index < -0.39 is 0 Å². The van der Waals surface area contributed by atoms with E-state index in [0.29, 0.717) is 6.54 Å². The highest BCUT2D eigenvalue weighted by molar-refractivity contribution is 7.20. The van der Waals surface area contributed by atoms with Crippen molar-refractivity contribution in [2.24, 2.45) is 0 Å². The zero-order chi connectivity index (χ0) is 15.9. The van der Waals surface area contributed by atoms with Gasteiger partial charge in [0, 0.05) is 30.2 Å². The van der Waals surface area contributed by atoms with Crippen LogP contribution in [0.15, 0.2) is 6.07 Å². The van der Waals surface area contributed by atoms with Gasteiger partial charge in [0.15, 0.2) is 0 Å². The number of likely N-dealkylation sites (N-methyl/N-ethyl adjacent to an activating group) is 1. The zero-order valence-electron chi connectivity index (χ0n) is 13.7. The lowest BCUT2D eigenvalue weighted by molar-refractivity contribution is 0.0953. The third kappa shape index (κ3) is 3.01. The molecule has 5 heteroatoms. The molecule has 0 spiro atoms. The minimum Gasteiger partial charge on any atom is -0.350 e. The van der Waals surface area contributed by atoms with Crippen LogP contribution in [0.2, 0.25) is 0 Å². The second-order valence-corrected chi connectivity index (χ2v) is 7.28. The molecule has 2 aromatic heterocycles. The fourth-order valence-corrected chi connectivity index (χ4v) is 4.18. The molecule has 3 rings (SSSR count). The fourth-order valence-electron chi connectivity index (χ4n) is 2.96. The lowest BCUT2D eigenvalue weighted by Gasteiger charge is -2.15. The molecule has 1 amide bonds. The maximum Gasteiger partial charge on any atom is 0.261 e. The van der Waals surface area contributed by atoms with E-state index >= 15 is 0 Å². The van der Waals surface area contributed by atoms with E-state index in [1.807, 2.05) is 13.8 Å². The number of nitrogens with zero attached hydrogens (tertiary/aromatic N) is 2. The quantitative estimate of drug-likeness (QED) is 0.922. The Morgan fingerprint density at radius 2 is 2.14 bits per heavy atom. The molecule has 0 aliphatic heterocycles. The van der Waals surface area contributed by atoms with Crippen LogP contribution in [0.4, 0.5) is 0 Å². The van der Waals surface area contributed by atoms with Gasteiger partial charge in [-0.15, -0.1) is 11.3 Å². The molecule has 2 aromatic rings. The first-order valence-electron chi connectivity index (χ1n) is 7.83. The molecule has 1 aliphatic rings. The van der Waals surface area contributed by atoms with E-state index in [1.165, 1.54) is 29.7 Å². The molecule has 0 aromatic carbocycles. The van der Waals surface area contributed by atoms with Crippen LogP contribution in [-0.4, -0.2) is 42.0 Å². The van der Waals surface area contributed by atoms with Crippen molar-refractivity contribution in [3.8, 4) is 0 Å². The maximum atomic E-state index is 12.5. The van der Waals surface area contributed by atoms with Crippen molar-refractivity contribution in [2.75, 3.05) is 20.1 Å². The number of carbonyl (C=O) groups is 1. The summed E-state index contributed by atoms with van der Waals surface area (Å²) >= 11 is 1.50. The molecule has 0 bridgehead atoms. The summed E-state index contributed by atoms with van der Waals surface area (Å²) in [7, 11) is 2.13. The highest BCUT2D eigenvalue weighted by Gasteiger charge is 2.25. The van der Waals surface area contributed by atoms with Crippen LogP contribution >= 0.6 is 11.3 Å². The van der Waals surface area contributed by atoms with E-state index in [-0.39, 0.29) is 5.91 Å². The topological polar surface area (TPSA) is 45.2 Å². The number of aromatic nitrogens is 1.